The van der Waals surface area contributed by atoms with Crippen LogP contribution >= 0.6 is 0 Å². The highest BCUT2D eigenvalue weighted by molar-refractivity contribution is 5.74. The highest BCUT2D eigenvalue weighted by Gasteiger charge is 2.46. The van der Waals surface area contributed by atoms with Gasteiger partial charge in [-0.1, -0.05) is 19.8 Å². The molecule has 6 heteroatoms. The number of halogens is 1. The molecule has 5 nitrogen and oxygen atoms in total. The molecule has 3 aliphatic rings. The highest BCUT2D eigenvalue weighted by atomic mass is 19.1. The molecule has 3 saturated carbocycles. The van der Waals surface area contributed by atoms with E-state index in [0.29, 0.717) is 18.4 Å². The summed E-state index contributed by atoms with van der Waals surface area (Å²) in [5, 5.41) is 14.6. The van der Waals surface area contributed by atoms with Crippen molar-refractivity contribution in [2.24, 2.45) is 5.41 Å². The van der Waals surface area contributed by atoms with Crippen molar-refractivity contribution in [2.75, 3.05) is 6.54 Å². The first-order chi connectivity index (χ1) is 11.3. The predicted octanol–water partition coefficient (Wildman–Crippen LogP) is 3.77. The molecule has 3 aliphatic carbocycles. The number of rotatable bonds is 9. The highest BCUT2D eigenvalue weighted by Crippen LogP contribution is 2.51. The number of hydrogen-bond acceptors (Lipinski definition) is 2. The van der Waals surface area contributed by atoms with E-state index < -0.39 is 12.1 Å². The summed E-state index contributed by atoms with van der Waals surface area (Å²) >= 11 is 0. The van der Waals surface area contributed by atoms with Gasteiger partial charge in [0.25, 0.3) is 0 Å². The second-order valence-electron chi connectivity index (χ2n) is 7.98. The van der Waals surface area contributed by atoms with Gasteiger partial charge in [-0.05, 0) is 63.2 Å². The molecule has 2 amide bonds. The van der Waals surface area contributed by atoms with Gasteiger partial charge in [0.2, 0.25) is 0 Å². The van der Waals surface area contributed by atoms with E-state index in [2.05, 4.69) is 17.6 Å². The smallest absolute Gasteiger partial charge is 0.338 e. The lowest BCUT2D eigenvalue weighted by molar-refractivity contribution is -0.143. The number of hydrogen-bond donors (Lipinski definition) is 3. The minimum Gasteiger partial charge on any atom is -0.479 e. The van der Waals surface area contributed by atoms with Crippen LogP contribution in [0.5, 0.6) is 0 Å². The number of carboxylic acids is 1. The van der Waals surface area contributed by atoms with E-state index in [1.165, 1.54) is 19.3 Å². The van der Waals surface area contributed by atoms with E-state index in [-0.39, 0.29) is 18.0 Å². The maximum Gasteiger partial charge on any atom is 0.338 e. The van der Waals surface area contributed by atoms with Crippen LogP contribution in [0.25, 0.3) is 0 Å². The molecule has 3 N–H and O–H groups in total. The number of urea groups is 1. The third kappa shape index (κ3) is 5.35. The van der Waals surface area contributed by atoms with Gasteiger partial charge >= 0.3 is 12.0 Å². The minimum absolute atomic E-state index is 0.00874. The Bertz CT molecular complexity index is 431. The standard InChI is InChI=1S/C18H31FN2O3/c1-17-7-10-18(11-8-17,12-9-17)21-16(24)20-13-5-3-2-4-6-14(19)15(22)23/h14H,2-13H2,1H3,(H,22,23)(H2,20,21,24). The fraction of sp³-hybridized carbons (Fsp3) is 0.889. The molecule has 0 aromatic carbocycles. The first-order valence-electron chi connectivity index (χ1n) is 9.27. The summed E-state index contributed by atoms with van der Waals surface area (Å²) in [5.41, 5.74) is 0.508. The number of carbonyl (C=O) groups excluding carboxylic acids is 1. The van der Waals surface area contributed by atoms with Crippen LogP contribution in [0.4, 0.5) is 9.18 Å². The SMILES string of the molecule is CC12CCC(NC(=O)NCCCCCCC(F)C(=O)O)(CC1)CC2. The lowest BCUT2D eigenvalue weighted by atomic mass is 9.58. The van der Waals surface area contributed by atoms with E-state index in [4.69, 9.17) is 5.11 Å². The van der Waals surface area contributed by atoms with Gasteiger partial charge < -0.3 is 15.7 Å². The molecule has 3 rings (SSSR count). The Hall–Kier alpha value is -1.33. The van der Waals surface area contributed by atoms with E-state index in [1.54, 1.807) is 0 Å². The molecule has 2 bridgehead atoms. The largest absolute Gasteiger partial charge is 0.479 e. The Kier molecular flexibility index (Phi) is 6.47. The zero-order valence-corrected chi connectivity index (χ0v) is 14.7. The van der Waals surface area contributed by atoms with Crippen molar-refractivity contribution in [1.82, 2.24) is 10.6 Å². The van der Waals surface area contributed by atoms with Crippen molar-refractivity contribution in [3.8, 4) is 0 Å². The van der Waals surface area contributed by atoms with E-state index in [1.807, 2.05) is 0 Å². The topological polar surface area (TPSA) is 78.4 Å². The minimum atomic E-state index is -1.75. The summed E-state index contributed by atoms with van der Waals surface area (Å²) in [7, 11) is 0. The normalized spacial score (nSPS) is 29.9. The van der Waals surface area contributed by atoms with Crippen LogP contribution in [-0.4, -0.2) is 35.4 Å². The van der Waals surface area contributed by atoms with Gasteiger partial charge in [-0.15, -0.1) is 0 Å². The second-order valence-corrected chi connectivity index (χ2v) is 7.98. The van der Waals surface area contributed by atoms with Crippen molar-refractivity contribution in [1.29, 1.82) is 0 Å². The van der Waals surface area contributed by atoms with Gasteiger partial charge in [-0.2, -0.15) is 0 Å². The summed E-state index contributed by atoms with van der Waals surface area (Å²) in [5.74, 6) is -1.38. The van der Waals surface area contributed by atoms with Crippen molar-refractivity contribution in [3.63, 3.8) is 0 Å². The van der Waals surface area contributed by atoms with Crippen molar-refractivity contribution in [3.05, 3.63) is 0 Å². The van der Waals surface area contributed by atoms with Crippen LogP contribution in [-0.2, 0) is 4.79 Å². The van der Waals surface area contributed by atoms with Crippen LogP contribution in [0.15, 0.2) is 0 Å². The number of unbranched alkanes of at least 4 members (excludes halogenated alkanes) is 3. The molecule has 0 aromatic heterocycles. The Morgan fingerprint density at radius 2 is 1.62 bits per heavy atom. The molecule has 0 aromatic rings. The number of carboxylic acid groups (broad SMARTS) is 1. The van der Waals surface area contributed by atoms with Crippen LogP contribution in [0, 0.1) is 5.41 Å². The number of carbonyl (C=O) groups is 2. The molecule has 1 unspecified atom stereocenters. The Balaban J connectivity index is 1.52. The summed E-state index contributed by atoms with van der Waals surface area (Å²) in [4.78, 5) is 22.4. The van der Waals surface area contributed by atoms with Crippen LogP contribution in [0.3, 0.4) is 0 Å². The molecule has 138 valence electrons. The Morgan fingerprint density at radius 1 is 1.04 bits per heavy atom. The lowest BCUT2D eigenvalue weighted by Crippen LogP contribution is -2.58. The molecule has 0 heterocycles. The fourth-order valence-electron chi connectivity index (χ4n) is 3.97. The quantitative estimate of drug-likeness (QED) is 0.558. The maximum absolute atomic E-state index is 12.9. The number of nitrogens with one attached hydrogen (secondary N) is 2. The van der Waals surface area contributed by atoms with Gasteiger partial charge in [0, 0.05) is 12.1 Å². The van der Waals surface area contributed by atoms with E-state index in [9.17, 15) is 14.0 Å². The Labute approximate surface area is 143 Å². The fourth-order valence-corrected chi connectivity index (χ4v) is 3.97. The first-order valence-corrected chi connectivity index (χ1v) is 9.27. The summed E-state index contributed by atoms with van der Waals surface area (Å²) < 4.78 is 12.9. The van der Waals surface area contributed by atoms with Crippen LogP contribution in [0.2, 0.25) is 0 Å². The summed E-state index contributed by atoms with van der Waals surface area (Å²) in [6, 6.07) is -0.0739. The predicted molar refractivity (Wildman–Crippen MR) is 90.7 cm³/mol. The van der Waals surface area contributed by atoms with E-state index in [0.717, 1.165) is 38.5 Å². The van der Waals surface area contributed by atoms with Gasteiger partial charge in [0.05, 0.1) is 0 Å². The molecule has 3 fully saturated rings. The zero-order valence-electron chi connectivity index (χ0n) is 14.7. The summed E-state index contributed by atoms with van der Waals surface area (Å²) in [6.07, 6.45) is 8.28. The molecule has 0 aliphatic heterocycles. The van der Waals surface area contributed by atoms with E-state index >= 15 is 0 Å². The van der Waals surface area contributed by atoms with Crippen molar-refractivity contribution < 1.29 is 19.1 Å². The molecule has 0 spiro atoms. The third-order valence-corrected chi connectivity index (χ3v) is 5.94. The monoisotopic (exact) mass is 342 g/mol. The Morgan fingerprint density at radius 3 is 2.21 bits per heavy atom. The molecule has 0 radical (unpaired) electrons. The molecular weight excluding hydrogens is 311 g/mol. The number of aliphatic carboxylic acids is 1. The number of amides is 2. The van der Waals surface area contributed by atoms with Crippen LogP contribution < -0.4 is 10.6 Å². The van der Waals surface area contributed by atoms with Gasteiger partial charge in [0.15, 0.2) is 6.17 Å². The number of alkyl halides is 1. The molecule has 24 heavy (non-hydrogen) atoms. The van der Waals surface area contributed by atoms with Gasteiger partial charge in [0.1, 0.15) is 0 Å². The average Bonchev–Trinajstić information content (AvgIpc) is 2.55. The van der Waals surface area contributed by atoms with Gasteiger partial charge in [-0.3, -0.25) is 0 Å². The molecule has 0 saturated heterocycles. The van der Waals surface area contributed by atoms with Crippen LogP contribution in [0.1, 0.15) is 77.6 Å². The molecule has 1 atom stereocenters. The first kappa shape index (κ1) is 19.0. The van der Waals surface area contributed by atoms with Crippen molar-refractivity contribution in [2.45, 2.75) is 89.3 Å². The maximum atomic E-state index is 12.9. The van der Waals surface area contributed by atoms with Gasteiger partial charge in [-0.25, -0.2) is 14.0 Å². The third-order valence-electron chi connectivity index (χ3n) is 5.94. The summed E-state index contributed by atoms with van der Waals surface area (Å²) in [6.45, 7) is 2.97. The average molecular weight is 342 g/mol. The molecular formula is C18H31FN2O3. The zero-order chi connectivity index (χ0) is 17.6. The van der Waals surface area contributed by atoms with Crippen molar-refractivity contribution >= 4 is 12.0 Å². The lowest BCUT2D eigenvalue weighted by Gasteiger charge is -2.52. The number of fused-ring (bicyclic) bond motifs is 3. The second kappa shape index (κ2) is 8.17.